The monoisotopic (exact) mass is 251 g/mol. The highest BCUT2D eigenvalue weighted by Gasteiger charge is 2.43. The molecule has 0 unspecified atom stereocenters. The first kappa shape index (κ1) is 12.9. The van der Waals surface area contributed by atoms with Crippen LogP contribution in [-0.4, -0.2) is 6.08 Å². The van der Waals surface area contributed by atoms with Crippen molar-refractivity contribution in [3.8, 4) is 0 Å². The number of nitrogens with zero attached hydrogens (tertiary/aromatic N) is 1. The SMILES string of the molecule is CC(C)(F)c1c(F)cccc1C1(N=C=O)CCC1. The number of isocyanates is 1. The number of alkyl halides is 1. The van der Waals surface area contributed by atoms with Crippen LogP contribution in [0.15, 0.2) is 23.2 Å². The Kier molecular flexibility index (Phi) is 3.07. The van der Waals surface area contributed by atoms with Crippen molar-refractivity contribution >= 4 is 6.08 Å². The van der Waals surface area contributed by atoms with Crippen LogP contribution >= 0.6 is 0 Å². The van der Waals surface area contributed by atoms with Crippen LogP contribution in [0.3, 0.4) is 0 Å². The van der Waals surface area contributed by atoms with Gasteiger partial charge in [0.2, 0.25) is 6.08 Å². The zero-order valence-electron chi connectivity index (χ0n) is 10.5. The fourth-order valence-electron chi connectivity index (χ4n) is 2.56. The van der Waals surface area contributed by atoms with Crippen molar-refractivity contribution in [2.75, 3.05) is 0 Å². The second kappa shape index (κ2) is 4.29. The standard InChI is InChI=1S/C14H15F2NO/c1-13(2,16)12-10(5-3-6-11(12)15)14(17-9-18)7-4-8-14/h3,5-6H,4,7-8H2,1-2H3. The number of halogens is 2. The number of hydrogen-bond acceptors (Lipinski definition) is 2. The molecule has 1 aromatic carbocycles. The molecule has 0 saturated heterocycles. The zero-order valence-corrected chi connectivity index (χ0v) is 10.5. The minimum Gasteiger partial charge on any atom is -0.239 e. The van der Waals surface area contributed by atoms with Crippen molar-refractivity contribution in [3.05, 3.63) is 35.1 Å². The highest BCUT2D eigenvalue weighted by atomic mass is 19.1. The largest absolute Gasteiger partial charge is 0.239 e. The van der Waals surface area contributed by atoms with E-state index in [1.165, 1.54) is 32.1 Å². The van der Waals surface area contributed by atoms with E-state index >= 15 is 0 Å². The first-order chi connectivity index (χ1) is 8.41. The zero-order chi connectivity index (χ0) is 13.4. The van der Waals surface area contributed by atoms with Crippen molar-refractivity contribution < 1.29 is 13.6 Å². The normalized spacial score (nSPS) is 17.8. The minimum atomic E-state index is -1.80. The molecule has 96 valence electrons. The lowest BCUT2D eigenvalue weighted by molar-refractivity contribution is 0.194. The van der Waals surface area contributed by atoms with Gasteiger partial charge < -0.3 is 0 Å². The molecule has 0 radical (unpaired) electrons. The lowest BCUT2D eigenvalue weighted by Crippen LogP contribution is -2.35. The predicted octanol–water partition coefficient (Wildman–Crippen LogP) is 3.75. The molecule has 0 spiro atoms. The molecule has 1 saturated carbocycles. The van der Waals surface area contributed by atoms with Crippen molar-refractivity contribution in [2.24, 2.45) is 4.99 Å². The van der Waals surface area contributed by atoms with Gasteiger partial charge in [0.15, 0.2) is 0 Å². The molecule has 0 amide bonds. The van der Waals surface area contributed by atoms with Gasteiger partial charge in [-0.15, -0.1) is 0 Å². The van der Waals surface area contributed by atoms with Crippen molar-refractivity contribution in [3.63, 3.8) is 0 Å². The second-order valence-electron chi connectivity index (χ2n) is 5.22. The molecule has 1 fully saturated rings. The van der Waals surface area contributed by atoms with Gasteiger partial charge in [-0.25, -0.2) is 13.6 Å². The Hall–Kier alpha value is -1.54. The molecule has 0 atom stereocenters. The van der Waals surface area contributed by atoms with Gasteiger partial charge >= 0.3 is 0 Å². The first-order valence-electron chi connectivity index (χ1n) is 5.98. The molecular weight excluding hydrogens is 236 g/mol. The van der Waals surface area contributed by atoms with E-state index in [4.69, 9.17) is 0 Å². The number of benzene rings is 1. The third-order valence-electron chi connectivity index (χ3n) is 3.55. The van der Waals surface area contributed by atoms with Crippen LogP contribution in [-0.2, 0) is 16.0 Å². The van der Waals surface area contributed by atoms with Gasteiger partial charge in [-0.3, -0.25) is 0 Å². The highest BCUT2D eigenvalue weighted by molar-refractivity contribution is 5.44. The minimum absolute atomic E-state index is 0.00343. The summed E-state index contributed by atoms with van der Waals surface area (Å²) in [5, 5.41) is 0. The average Bonchev–Trinajstić information content (AvgIpc) is 2.21. The number of rotatable bonds is 3. The van der Waals surface area contributed by atoms with Gasteiger partial charge in [-0.1, -0.05) is 12.1 Å². The molecule has 1 aromatic rings. The van der Waals surface area contributed by atoms with E-state index in [9.17, 15) is 13.6 Å². The predicted molar refractivity (Wildman–Crippen MR) is 64.2 cm³/mol. The van der Waals surface area contributed by atoms with Gasteiger partial charge in [-0.05, 0) is 44.7 Å². The second-order valence-corrected chi connectivity index (χ2v) is 5.22. The van der Waals surface area contributed by atoms with Crippen molar-refractivity contribution in [2.45, 2.75) is 44.3 Å². The van der Waals surface area contributed by atoms with E-state index in [0.717, 1.165) is 6.42 Å². The summed E-state index contributed by atoms with van der Waals surface area (Å²) in [5.74, 6) is -0.590. The van der Waals surface area contributed by atoms with Crippen LogP contribution < -0.4 is 0 Å². The van der Waals surface area contributed by atoms with Crippen LogP contribution in [0.1, 0.15) is 44.2 Å². The highest BCUT2D eigenvalue weighted by Crippen LogP contribution is 2.48. The van der Waals surface area contributed by atoms with E-state index < -0.39 is 17.0 Å². The van der Waals surface area contributed by atoms with Crippen LogP contribution in [0, 0.1) is 5.82 Å². The Labute approximate surface area is 105 Å². The van der Waals surface area contributed by atoms with Gasteiger partial charge in [0.25, 0.3) is 0 Å². The van der Waals surface area contributed by atoms with Gasteiger partial charge in [0.1, 0.15) is 11.5 Å². The molecule has 4 heteroatoms. The molecule has 0 N–H and O–H groups in total. The molecular formula is C14H15F2NO. The summed E-state index contributed by atoms with van der Waals surface area (Å²) in [6.45, 7) is 2.62. The fraction of sp³-hybridized carbons (Fsp3) is 0.500. The molecule has 1 aliphatic carbocycles. The number of aliphatic imine (C=N–C) groups is 1. The third-order valence-corrected chi connectivity index (χ3v) is 3.55. The van der Waals surface area contributed by atoms with Crippen molar-refractivity contribution in [1.29, 1.82) is 0 Å². The summed E-state index contributed by atoms with van der Waals surface area (Å²) in [6, 6.07) is 4.41. The Bertz CT molecular complexity index is 509. The maximum absolute atomic E-state index is 14.2. The maximum Gasteiger partial charge on any atom is 0.235 e. The summed E-state index contributed by atoms with van der Waals surface area (Å²) in [7, 11) is 0. The Morgan fingerprint density at radius 1 is 1.39 bits per heavy atom. The van der Waals surface area contributed by atoms with E-state index in [-0.39, 0.29) is 5.56 Å². The molecule has 0 heterocycles. The van der Waals surface area contributed by atoms with Gasteiger partial charge in [0, 0.05) is 5.56 Å². The Morgan fingerprint density at radius 2 is 2.06 bits per heavy atom. The quantitative estimate of drug-likeness (QED) is 0.594. The Balaban J connectivity index is 2.64. The fourth-order valence-corrected chi connectivity index (χ4v) is 2.56. The van der Waals surface area contributed by atoms with Crippen LogP contribution in [0.25, 0.3) is 0 Å². The van der Waals surface area contributed by atoms with Crippen molar-refractivity contribution in [1.82, 2.24) is 0 Å². The summed E-state index contributed by atoms with van der Waals surface area (Å²) < 4.78 is 28.1. The summed E-state index contributed by atoms with van der Waals surface area (Å²) in [5.41, 5.74) is -2.10. The van der Waals surface area contributed by atoms with E-state index in [1.807, 2.05) is 0 Å². The number of hydrogen-bond donors (Lipinski definition) is 0. The van der Waals surface area contributed by atoms with Gasteiger partial charge in [-0.2, -0.15) is 4.99 Å². The number of carbonyl (C=O) groups excluding carboxylic acids is 1. The smallest absolute Gasteiger partial charge is 0.235 e. The lowest BCUT2D eigenvalue weighted by Gasteiger charge is -2.39. The third kappa shape index (κ3) is 1.97. The summed E-state index contributed by atoms with van der Waals surface area (Å²) >= 11 is 0. The lowest BCUT2D eigenvalue weighted by atomic mass is 9.69. The molecule has 0 aromatic heterocycles. The Morgan fingerprint density at radius 3 is 2.50 bits per heavy atom. The molecule has 2 nitrogen and oxygen atoms in total. The van der Waals surface area contributed by atoms with Gasteiger partial charge in [0.05, 0.1) is 5.54 Å². The summed E-state index contributed by atoms with van der Waals surface area (Å²) in [4.78, 5) is 14.4. The molecule has 0 bridgehead atoms. The molecule has 0 aliphatic heterocycles. The molecule has 2 rings (SSSR count). The van der Waals surface area contributed by atoms with E-state index in [1.54, 1.807) is 6.07 Å². The van der Waals surface area contributed by atoms with E-state index in [0.29, 0.717) is 18.4 Å². The first-order valence-corrected chi connectivity index (χ1v) is 5.98. The topological polar surface area (TPSA) is 29.4 Å². The average molecular weight is 251 g/mol. The summed E-state index contributed by atoms with van der Waals surface area (Å²) in [6.07, 6.45) is 3.70. The van der Waals surface area contributed by atoms with Crippen LogP contribution in [0.2, 0.25) is 0 Å². The van der Waals surface area contributed by atoms with E-state index in [2.05, 4.69) is 4.99 Å². The van der Waals surface area contributed by atoms with Crippen LogP contribution in [0.4, 0.5) is 8.78 Å². The molecule has 18 heavy (non-hydrogen) atoms. The van der Waals surface area contributed by atoms with Crippen LogP contribution in [0.5, 0.6) is 0 Å². The maximum atomic E-state index is 14.2. The molecule has 1 aliphatic rings.